The van der Waals surface area contributed by atoms with Crippen molar-refractivity contribution in [3.8, 4) is 28.6 Å². The number of aromatic nitrogens is 3. The molecule has 27 heavy (non-hydrogen) atoms. The molecule has 0 unspecified atom stereocenters. The van der Waals surface area contributed by atoms with Crippen LogP contribution in [0.4, 0.5) is 8.78 Å². The van der Waals surface area contributed by atoms with Gasteiger partial charge in [-0.15, -0.1) is 10.2 Å². The van der Waals surface area contributed by atoms with Crippen LogP contribution in [0.3, 0.4) is 0 Å². The first-order valence-electron chi connectivity index (χ1n) is 7.59. The average Bonchev–Trinajstić information content (AvgIpc) is 3.04. The van der Waals surface area contributed by atoms with Crippen molar-refractivity contribution >= 4 is 18.0 Å². The monoisotopic (exact) mass is 392 g/mol. The maximum atomic E-state index is 12.8. The Morgan fingerprint density at radius 3 is 2.48 bits per heavy atom. The van der Waals surface area contributed by atoms with Crippen molar-refractivity contribution in [3.63, 3.8) is 0 Å². The number of thioether (sulfide) groups is 1. The van der Waals surface area contributed by atoms with Crippen LogP contribution >= 0.6 is 11.8 Å². The Morgan fingerprint density at radius 2 is 1.85 bits per heavy atom. The van der Waals surface area contributed by atoms with Crippen molar-refractivity contribution in [3.05, 3.63) is 48.0 Å². The highest BCUT2D eigenvalue weighted by atomic mass is 32.2. The molecule has 0 saturated carbocycles. The lowest BCUT2D eigenvalue weighted by Crippen LogP contribution is -1.98. The quantitative estimate of drug-likeness (QED) is 0.379. The highest BCUT2D eigenvalue weighted by molar-refractivity contribution is 7.99. The van der Waals surface area contributed by atoms with Gasteiger partial charge in [0.25, 0.3) is 5.76 Å². The van der Waals surface area contributed by atoms with Gasteiger partial charge in [0, 0.05) is 5.56 Å². The van der Waals surface area contributed by atoms with Gasteiger partial charge in [0.1, 0.15) is 5.75 Å². The molecule has 7 nitrogen and oxygen atoms in total. The highest BCUT2D eigenvalue weighted by Crippen LogP contribution is 2.29. The molecule has 140 valence electrons. The van der Waals surface area contributed by atoms with E-state index in [9.17, 15) is 19.0 Å². The SMILES string of the molecule is COc1ccc(-c2nnc(SC(F)F)n2/N=C/c2ccc(O)c(O)c2)cc1. The van der Waals surface area contributed by atoms with Gasteiger partial charge in [-0.1, -0.05) is 0 Å². The number of ether oxygens (including phenoxy) is 1. The summed E-state index contributed by atoms with van der Waals surface area (Å²) in [5, 5.41) is 30.7. The minimum atomic E-state index is -2.69. The standard InChI is InChI=1S/C17H14F2N4O3S/c1-26-12-5-3-11(4-6-12)15-21-22-17(27-16(18)19)23(15)20-9-10-2-7-13(24)14(25)8-10/h2-9,16,24-25H,1H3/b20-9+. The summed E-state index contributed by atoms with van der Waals surface area (Å²) in [5.41, 5.74) is 1.06. The molecule has 1 aromatic heterocycles. The molecule has 0 aliphatic carbocycles. The maximum Gasteiger partial charge on any atom is 0.291 e. The Kier molecular flexibility index (Phi) is 5.55. The molecule has 2 N–H and O–H groups in total. The minimum absolute atomic E-state index is 0.0879. The predicted octanol–water partition coefficient (Wildman–Crippen LogP) is 3.56. The number of hydrogen-bond acceptors (Lipinski definition) is 7. The largest absolute Gasteiger partial charge is 0.504 e. The summed E-state index contributed by atoms with van der Waals surface area (Å²) in [7, 11) is 1.53. The van der Waals surface area contributed by atoms with E-state index in [1.807, 2.05) is 0 Å². The van der Waals surface area contributed by atoms with E-state index in [1.165, 1.54) is 36.2 Å². The van der Waals surface area contributed by atoms with Crippen LogP contribution in [0.5, 0.6) is 17.2 Å². The predicted molar refractivity (Wildman–Crippen MR) is 96.6 cm³/mol. The Morgan fingerprint density at radius 1 is 1.11 bits per heavy atom. The van der Waals surface area contributed by atoms with Crippen molar-refractivity contribution < 1.29 is 23.7 Å². The smallest absolute Gasteiger partial charge is 0.291 e. The van der Waals surface area contributed by atoms with Crippen molar-refractivity contribution in [2.75, 3.05) is 7.11 Å². The van der Waals surface area contributed by atoms with E-state index in [-0.39, 0.29) is 34.2 Å². The lowest BCUT2D eigenvalue weighted by Gasteiger charge is -2.05. The van der Waals surface area contributed by atoms with E-state index in [0.29, 0.717) is 16.9 Å². The van der Waals surface area contributed by atoms with Gasteiger partial charge >= 0.3 is 0 Å². The maximum absolute atomic E-state index is 12.8. The zero-order valence-electron chi connectivity index (χ0n) is 14.0. The zero-order chi connectivity index (χ0) is 19.4. The van der Waals surface area contributed by atoms with Crippen LogP contribution in [0, 0.1) is 0 Å². The molecule has 0 amide bonds. The van der Waals surface area contributed by atoms with Crippen molar-refractivity contribution in [2.45, 2.75) is 10.9 Å². The summed E-state index contributed by atoms with van der Waals surface area (Å²) in [5.74, 6) is -2.38. The molecule has 3 rings (SSSR count). The van der Waals surface area contributed by atoms with E-state index < -0.39 is 5.76 Å². The molecule has 10 heteroatoms. The van der Waals surface area contributed by atoms with Gasteiger partial charge < -0.3 is 14.9 Å². The fourth-order valence-corrected chi connectivity index (χ4v) is 2.67. The zero-order valence-corrected chi connectivity index (χ0v) is 14.8. The Hall–Kier alpha value is -3.14. The molecular formula is C17H14F2N4O3S. The third-order valence-electron chi connectivity index (χ3n) is 3.48. The van der Waals surface area contributed by atoms with Crippen molar-refractivity contribution in [1.29, 1.82) is 0 Å². The molecule has 0 aliphatic heterocycles. The highest BCUT2D eigenvalue weighted by Gasteiger charge is 2.18. The van der Waals surface area contributed by atoms with Gasteiger partial charge in [0.05, 0.1) is 13.3 Å². The van der Waals surface area contributed by atoms with Crippen LogP contribution in [0.25, 0.3) is 11.4 Å². The van der Waals surface area contributed by atoms with Gasteiger partial charge in [-0.05, 0) is 59.8 Å². The fraction of sp³-hybridized carbons (Fsp3) is 0.118. The van der Waals surface area contributed by atoms with E-state index in [0.717, 1.165) is 0 Å². The summed E-state index contributed by atoms with van der Waals surface area (Å²) in [6.07, 6.45) is 1.34. The van der Waals surface area contributed by atoms with Crippen LogP contribution in [-0.4, -0.2) is 44.2 Å². The Labute approximate surface area is 156 Å². The fourth-order valence-electron chi connectivity index (χ4n) is 2.19. The molecule has 0 radical (unpaired) electrons. The summed E-state index contributed by atoms with van der Waals surface area (Å²) in [6, 6.07) is 10.9. The van der Waals surface area contributed by atoms with Crippen molar-refractivity contribution in [1.82, 2.24) is 14.9 Å². The second kappa shape index (κ2) is 8.04. The molecule has 0 spiro atoms. The van der Waals surface area contributed by atoms with Crippen LogP contribution in [-0.2, 0) is 0 Å². The van der Waals surface area contributed by atoms with Crippen molar-refractivity contribution in [2.24, 2.45) is 5.10 Å². The first-order chi connectivity index (χ1) is 13.0. The number of rotatable bonds is 6. The average molecular weight is 392 g/mol. The number of alkyl halides is 2. The molecule has 0 bridgehead atoms. The number of phenols is 2. The van der Waals surface area contributed by atoms with Gasteiger partial charge in [-0.2, -0.15) is 18.6 Å². The third-order valence-corrected chi connectivity index (χ3v) is 4.12. The molecule has 0 fully saturated rings. The minimum Gasteiger partial charge on any atom is -0.504 e. The first-order valence-corrected chi connectivity index (χ1v) is 8.47. The van der Waals surface area contributed by atoms with E-state index in [1.54, 1.807) is 24.3 Å². The number of methoxy groups -OCH3 is 1. The third kappa shape index (κ3) is 4.34. The second-order valence-electron chi connectivity index (χ2n) is 5.22. The summed E-state index contributed by atoms with van der Waals surface area (Å²) >= 11 is 0.217. The van der Waals surface area contributed by atoms with Crippen LogP contribution < -0.4 is 4.74 Å². The second-order valence-corrected chi connectivity index (χ2v) is 6.17. The van der Waals surface area contributed by atoms with Crippen LogP contribution in [0.15, 0.2) is 52.7 Å². The van der Waals surface area contributed by atoms with Crippen LogP contribution in [0.1, 0.15) is 5.56 Å². The van der Waals surface area contributed by atoms with Gasteiger partial charge in [-0.3, -0.25) is 0 Å². The van der Waals surface area contributed by atoms with Gasteiger partial charge in [0.15, 0.2) is 17.3 Å². The lowest BCUT2D eigenvalue weighted by molar-refractivity contribution is 0.251. The normalized spacial score (nSPS) is 11.4. The van der Waals surface area contributed by atoms with Gasteiger partial charge in [-0.25, -0.2) is 0 Å². The molecule has 0 saturated heterocycles. The molecule has 2 aromatic carbocycles. The molecule has 1 heterocycles. The first kappa shape index (κ1) is 18.6. The van der Waals surface area contributed by atoms with Gasteiger partial charge in [0.2, 0.25) is 5.16 Å². The molecule has 0 aliphatic rings. The molecular weight excluding hydrogens is 378 g/mol. The number of phenolic OH excluding ortho intramolecular Hbond substituents is 2. The van der Waals surface area contributed by atoms with Crippen LogP contribution in [0.2, 0.25) is 0 Å². The Balaban J connectivity index is 2.00. The number of hydrogen-bond donors (Lipinski definition) is 2. The number of halogens is 2. The number of nitrogens with zero attached hydrogens (tertiary/aromatic N) is 4. The number of benzene rings is 2. The molecule has 0 atom stereocenters. The van der Waals surface area contributed by atoms with E-state index in [2.05, 4.69) is 15.3 Å². The molecule has 3 aromatic rings. The van der Waals surface area contributed by atoms with E-state index in [4.69, 9.17) is 4.74 Å². The summed E-state index contributed by atoms with van der Waals surface area (Å²) in [4.78, 5) is 0. The lowest BCUT2D eigenvalue weighted by atomic mass is 10.2. The summed E-state index contributed by atoms with van der Waals surface area (Å²) in [6.45, 7) is 0. The topological polar surface area (TPSA) is 92.8 Å². The number of aromatic hydroxyl groups is 2. The summed E-state index contributed by atoms with van der Waals surface area (Å²) < 4.78 is 31.9. The van der Waals surface area contributed by atoms with E-state index >= 15 is 0 Å². The Bertz CT molecular complexity index is 961.